The summed E-state index contributed by atoms with van der Waals surface area (Å²) in [7, 11) is 0. The van der Waals surface area contributed by atoms with Gasteiger partial charge in [-0.25, -0.2) is 0 Å². The molecule has 1 N–H and O–H groups in total. The molecule has 0 atom stereocenters. The first-order valence-electron chi connectivity index (χ1n) is 5.79. The maximum Gasteiger partial charge on any atom is 0.240 e. The van der Waals surface area contributed by atoms with Crippen LogP contribution in [0, 0.1) is 13.8 Å². The normalized spacial score (nSPS) is 10.6. The summed E-state index contributed by atoms with van der Waals surface area (Å²) < 4.78 is 5.17. The summed E-state index contributed by atoms with van der Waals surface area (Å²) in [4.78, 5) is 8.65. The fourth-order valence-electron chi connectivity index (χ4n) is 1.69. The van der Waals surface area contributed by atoms with E-state index >= 15 is 0 Å². The van der Waals surface area contributed by atoms with Gasteiger partial charge in [-0.15, -0.1) is 6.58 Å². The predicted octanol–water partition coefficient (Wildman–Crippen LogP) is 2.02. The van der Waals surface area contributed by atoms with Crippen LogP contribution in [-0.4, -0.2) is 21.7 Å². The summed E-state index contributed by atoms with van der Waals surface area (Å²) in [5.41, 5.74) is 2.82. The smallest absolute Gasteiger partial charge is 0.240 e. The Kier molecular flexibility index (Phi) is 3.84. The first-order chi connectivity index (χ1) is 8.69. The molecule has 0 bridgehead atoms. The Morgan fingerprint density at radius 1 is 1.28 bits per heavy atom. The van der Waals surface area contributed by atoms with Crippen molar-refractivity contribution in [2.24, 2.45) is 0 Å². The van der Waals surface area contributed by atoms with E-state index in [9.17, 15) is 0 Å². The van der Waals surface area contributed by atoms with Gasteiger partial charge in [0, 0.05) is 23.5 Å². The molecule has 2 aromatic heterocycles. The topological polar surface area (TPSA) is 63.8 Å². The van der Waals surface area contributed by atoms with E-state index in [2.05, 4.69) is 27.0 Å². The molecule has 2 heterocycles. The molecular weight excluding hydrogens is 228 g/mol. The lowest BCUT2D eigenvalue weighted by Gasteiger charge is -1.99. The van der Waals surface area contributed by atoms with E-state index in [-0.39, 0.29) is 0 Å². The number of nitrogens with one attached hydrogen (secondary N) is 1. The zero-order valence-electron chi connectivity index (χ0n) is 10.6. The van der Waals surface area contributed by atoms with Gasteiger partial charge in [0.15, 0.2) is 0 Å². The van der Waals surface area contributed by atoms with Crippen molar-refractivity contribution in [2.45, 2.75) is 20.4 Å². The van der Waals surface area contributed by atoms with Crippen LogP contribution in [0.3, 0.4) is 0 Å². The van der Waals surface area contributed by atoms with Crippen LogP contribution < -0.4 is 5.32 Å². The van der Waals surface area contributed by atoms with Gasteiger partial charge in [-0.05, 0) is 26.0 Å². The van der Waals surface area contributed by atoms with Crippen molar-refractivity contribution in [3.05, 3.63) is 42.1 Å². The third-order valence-corrected chi connectivity index (χ3v) is 2.37. The van der Waals surface area contributed by atoms with Gasteiger partial charge >= 0.3 is 0 Å². The van der Waals surface area contributed by atoms with Gasteiger partial charge in [0.1, 0.15) is 0 Å². The van der Waals surface area contributed by atoms with Gasteiger partial charge in [0.2, 0.25) is 11.7 Å². The lowest BCUT2D eigenvalue weighted by Crippen LogP contribution is -2.12. The highest BCUT2D eigenvalue weighted by molar-refractivity contribution is 5.55. The van der Waals surface area contributed by atoms with Gasteiger partial charge in [0.05, 0.1) is 6.54 Å². The summed E-state index contributed by atoms with van der Waals surface area (Å²) in [5, 5.41) is 7.08. The van der Waals surface area contributed by atoms with Crippen LogP contribution in [0.4, 0.5) is 0 Å². The van der Waals surface area contributed by atoms with Crippen LogP contribution in [0.5, 0.6) is 0 Å². The molecular formula is C13H16N4O. The summed E-state index contributed by atoms with van der Waals surface area (Å²) in [6, 6.07) is 3.89. The molecule has 0 aromatic carbocycles. The Bertz CT molecular complexity index is 527. The van der Waals surface area contributed by atoms with Gasteiger partial charge in [0.25, 0.3) is 0 Å². The fourth-order valence-corrected chi connectivity index (χ4v) is 1.69. The Labute approximate surface area is 106 Å². The van der Waals surface area contributed by atoms with E-state index < -0.39 is 0 Å². The van der Waals surface area contributed by atoms with Gasteiger partial charge in [-0.1, -0.05) is 11.2 Å². The minimum Gasteiger partial charge on any atom is -0.338 e. The van der Waals surface area contributed by atoms with E-state index in [4.69, 9.17) is 4.52 Å². The summed E-state index contributed by atoms with van der Waals surface area (Å²) in [6.07, 6.45) is 1.78. The first kappa shape index (κ1) is 12.4. The predicted molar refractivity (Wildman–Crippen MR) is 68.9 cm³/mol. The number of nitrogens with zero attached hydrogens (tertiary/aromatic N) is 3. The van der Waals surface area contributed by atoms with Crippen LogP contribution in [0.1, 0.15) is 17.3 Å². The molecule has 0 unspecified atom stereocenters. The zero-order chi connectivity index (χ0) is 13.0. The Morgan fingerprint density at radius 2 is 2.00 bits per heavy atom. The highest BCUT2D eigenvalue weighted by atomic mass is 16.5. The quantitative estimate of drug-likeness (QED) is 0.644. The SMILES string of the molecule is C=CCNCc1nc(-c2cc(C)nc(C)c2)no1. The van der Waals surface area contributed by atoms with Crippen molar-refractivity contribution in [1.82, 2.24) is 20.4 Å². The van der Waals surface area contributed by atoms with E-state index in [1.165, 1.54) is 0 Å². The first-order valence-corrected chi connectivity index (χ1v) is 5.79. The Balaban J connectivity index is 2.15. The number of rotatable bonds is 5. The molecule has 18 heavy (non-hydrogen) atoms. The molecule has 0 radical (unpaired) electrons. The molecule has 5 heteroatoms. The van der Waals surface area contributed by atoms with Gasteiger partial charge < -0.3 is 9.84 Å². The van der Waals surface area contributed by atoms with Crippen molar-refractivity contribution in [3.63, 3.8) is 0 Å². The van der Waals surface area contributed by atoms with E-state index in [0.717, 1.165) is 17.0 Å². The lowest BCUT2D eigenvalue weighted by molar-refractivity contribution is 0.370. The monoisotopic (exact) mass is 244 g/mol. The molecule has 0 saturated heterocycles. The molecule has 0 aliphatic carbocycles. The lowest BCUT2D eigenvalue weighted by atomic mass is 10.2. The number of pyridine rings is 1. The highest BCUT2D eigenvalue weighted by Crippen LogP contribution is 2.17. The van der Waals surface area contributed by atoms with Crippen LogP contribution in [-0.2, 0) is 6.54 Å². The highest BCUT2D eigenvalue weighted by Gasteiger charge is 2.09. The molecule has 0 aliphatic rings. The van der Waals surface area contributed by atoms with Crippen molar-refractivity contribution >= 4 is 0 Å². The molecule has 0 spiro atoms. The number of hydrogen-bond acceptors (Lipinski definition) is 5. The number of aromatic nitrogens is 3. The summed E-state index contributed by atoms with van der Waals surface area (Å²) in [6.45, 7) is 8.78. The molecule has 2 aromatic rings. The van der Waals surface area contributed by atoms with Crippen molar-refractivity contribution in [2.75, 3.05) is 6.54 Å². The average molecular weight is 244 g/mol. The summed E-state index contributed by atoms with van der Waals surface area (Å²) in [5.74, 6) is 1.16. The second kappa shape index (κ2) is 5.55. The zero-order valence-corrected chi connectivity index (χ0v) is 10.6. The second-order valence-corrected chi connectivity index (χ2v) is 4.07. The van der Waals surface area contributed by atoms with E-state index in [0.29, 0.717) is 24.8 Å². The van der Waals surface area contributed by atoms with Gasteiger partial charge in [-0.3, -0.25) is 4.98 Å². The van der Waals surface area contributed by atoms with Crippen LogP contribution in [0.25, 0.3) is 11.4 Å². The third-order valence-electron chi connectivity index (χ3n) is 2.37. The van der Waals surface area contributed by atoms with Crippen molar-refractivity contribution < 1.29 is 4.52 Å². The third kappa shape index (κ3) is 3.01. The van der Waals surface area contributed by atoms with Crippen LogP contribution in [0.2, 0.25) is 0 Å². The Hall–Kier alpha value is -2.01. The maximum absolute atomic E-state index is 5.17. The maximum atomic E-state index is 5.17. The molecule has 0 fully saturated rings. The molecule has 0 amide bonds. The second-order valence-electron chi connectivity index (χ2n) is 4.07. The number of hydrogen-bond donors (Lipinski definition) is 1. The number of aryl methyl sites for hydroxylation is 2. The standard InChI is InChI=1S/C13H16N4O/c1-4-5-14-8-12-16-13(17-18-12)11-6-9(2)15-10(3)7-11/h4,6-7,14H,1,5,8H2,2-3H3. The molecule has 0 saturated carbocycles. The minimum absolute atomic E-state index is 0.544. The molecule has 2 rings (SSSR count). The summed E-state index contributed by atoms with van der Waals surface area (Å²) >= 11 is 0. The molecule has 0 aliphatic heterocycles. The Morgan fingerprint density at radius 3 is 2.67 bits per heavy atom. The molecule has 5 nitrogen and oxygen atoms in total. The van der Waals surface area contributed by atoms with Gasteiger partial charge in [-0.2, -0.15) is 4.98 Å². The van der Waals surface area contributed by atoms with Crippen molar-refractivity contribution in [1.29, 1.82) is 0 Å². The minimum atomic E-state index is 0.544. The van der Waals surface area contributed by atoms with Crippen LogP contribution in [0.15, 0.2) is 29.3 Å². The van der Waals surface area contributed by atoms with E-state index in [1.807, 2.05) is 26.0 Å². The average Bonchev–Trinajstić information content (AvgIpc) is 2.77. The largest absolute Gasteiger partial charge is 0.338 e. The van der Waals surface area contributed by atoms with E-state index in [1.54, 1.807) is 6.08 Å². The fraction of sp³-hybridized carbons (Fsp3) is 0.308. The molecule has 94 valence electrons. The van der Waals surface area contributed by atoms with Crippen molar-refractivity contribution in [3.8, 4) is 11.4 Å². The van der Waals surface area contributed by atoms with Crippen LogP contribution >= 0.6 is 0 Å².